The highest BCUT2D eigenvalue weighted by Crippen LogP contribution is 2.26. The number of hydrogen-bond acceptors (Lipinski definition) is 3. The van der Waals surface area contributed by atoms with Gasteiger partial charge in [-0.15, -0.1) is 0 Å². The molecule has 0 radical (unpaired) electrons. The number of aldehydes is 1. The highest BCUT2D eigenvalue weighted by atomic mass is 79.9. The van der Waals surface area contributed by atoms with E-state index in [1.54, 1.807) is 6.07 Å². The molecule has 1 aromatic carbocycles. The van der Waals surface area contributed by atoms with Gasteiger partial charge in [0.1, 0.15) is 0 Å². The van der Waals surface area contributed by atoms with Crippen molar-refractivity contribution in [2.45, 2.75) is 19.4 Å². The first-order valence-corrected chi connectivity index (χ1v) is 5.81. The molecule has 3 nitrogen and oxygen atoms in total. The van der Waals surface area contributed by atoms with Gasteiger partial charge in [0.05, 0.1) is 12.1 Å². The molecular formula is C12H16BrNO2. The van der Waals surface area contributed by atoms with E-state index in [2.05, 4.69) is 15.9 Å². The number of anilines is 1. The second-order valence-electron chi connectivity index (χ2n) is 4.35. The van der Waals surface area contributed by atoms with Crippen LogP contribution < -0.4 is 4.90 Å². The lowest BCUT2D eigenvalue weighted by Gasteiger charge is -2.36. The third kappa shape index (κ3) is 2.62. The third-order valence-corrected chi connectivity index (χ3v) is 3.48. The minimum atomic E-state index is -0.331. The van der Waals surface area contributed by atoms with Crippen molar-refractivity contribution in [2.75, 3.05) is 18.6 Å². The molecule has 0 aliphatic carbocycles. The van der Waals surface area contributed by atoms with Crippen LogP contribution >= 0.6 is 15.9 Å². The fraction of sp³-hybridized carbons (Fsp3) is 0.417. The molecule has 0 aromatic heterocycles. The van der Waals surface area contributed by atoms with Gasteiger partial charge in [0.2, 0.25) is 0 Å². The first-order chi connectivity index (χ1) is 7.42. The molecule has 0 unspecified atom stereocenters. The van der Waals surface area contributed by atoms with E-state index in [4.69, 9.17) is 0 Å². The van der Waals surface area contributed by atoms with Gasteiger partial charge in [0, 0.05) is 22.8 Å². The maximum Gasteiger partial charge on any atom is 0.151 e. The maximum absolute atomic E-state index is 10.7. The molecule has 0 heterocycles. The molecule has 0 fully saturated rings. The molecule has 0 amide bonds. The van der Waals surface area contributed by atoms with E-state index in [0.29, 0.717) is 5.56 Å². The average Bonchev–Trinajstić information content (AvgIpc) is 2.27. The lowest BCUT2D eigenvalue weighted by molar-refractivity contribution is 0.112. The zero-order valence-corrected chi connectivity index (χ0v) is 11.3. The standard InChI is InChI=1S/C12H16BrNO2/c1-12(2,8-16)14(3)10-5-4-9(7-15)11(13)6-10/h4-7,16H,8H2,1-3H3. The van der Waals surface area contributed by atoms with Gasteiger partial charge in [-0.3, -0.25) is 4.79 Å². The monoisotopic (exact) mass is 285 g/mol. The van der Waals surface area contributed by atoms with Crippen LogP contribution in [-0.2, 0) is 0 Å². The molecule has 0 spiro atoms. The van der Waals surface area contributed by atoms with Crippen LogP contribution in [0.5, 0.6) is 0 Å². The lowest BCUT2D eigenvalue weighted by Crippen LogP contribution is -2.44. The molecule has 0 bridgehead atoms. The Labute approximate surface area is 104 Å². The Hall–Kier alpha value is -0.870. The minimum Gasteiger partial charge on any atom is -0.394 e. The number of aliphatic hydroxyl groups is 1. The largest absolute Gasteiger partial charge is 0.394 e. The van der Waals surface area contributed by atoms with E-state index in [1.165, 1.54) is 0 Å². The number of carbonyl (C=O) groups excluding carboxylic acids is 1. The second kappa shape index (κ2) is 4.97. The van der Waals surface area contributed by atoms with E-state index >= 15 is 0 Å². The van der Waals surface area contributed by atoms with Gasteiger partial charge >= 0.3 is 0 Å². The van der Waals surface area contributed by atoms with Crippen LogP contribution in [0, 0.1) is 0 Å². The number of hydrogen-bond donors (Lipinski definition) is 1. The Balaban J connectivity index is 3.06. The Bertz CT molecular complexity index is 391. The van der Waals surface area contributed by atoms with Crippen LogP contribution in [0.3, 0.4) is 0 Å². The molecule has 1 N–H and O–H groups in total. The SMILES string of the molecule is CN(c1ccc(C=O)c(Br)c1)C(C)(C)CO. The van der Waals surface area contributed by atoms with Gasteiger partial charge in [-0.25, -0.2) is 0 Å². The lowest BCUT2D eigenvalue weighted by atomic mass is 10.0. The number of aliphatic hydroxyl groups excluding tert-OH is 1. The predicted octanol–water partition coefficient (Wildman–Crippen LogP) is 2.47. The summed E-state index contributed by atoms with van der Waals surface area (Å²) in [6.45, 7) is 3.97. The summed E-state index contributed by atoms with van der Waals surface area (Å²) < 4.78 is 0.764. The predicted molar refractivity (Wildman–Crippen MR) is 69.1 cm³/mol. The van der Waals surface area contributed by atoms with Crippen LogP contribution in [0.15, 0.2) is 22.7 Å². The molecule has 4 heteroatoms. The number of nitrogens with zero attached hydrogens (tertiary/aromatic N) is 1. The van der Waals surface area contributed by atoms with Crippen LogP contribution in [0.2, 0.25) is 0 Å². The highest BCUT2D eigenvalue weighted by Gasteiger charge is 2.22. The summed E-state index contributed by atoms with van der Waals surface area (Å²) in [5, 5.41) is 9.29. The first-order valence-electron chi connectivity index (χ1n) is 5.02. The molecular weight excluding hydrogens is 270 g/mol. The molecule has 0 atom stereocenters. The number of carbonyl (C=O) groups is 1. The van der Waals surface area contributed by atoms with Crippen LogP contribution in [0.1, 0.15) is 24.2 Å². The number of rotatable bonds is 4. The van der Waals surface area contributed by atoms with E-state index in [9.17, 15) is 9.90 Å². The summed E-state index contributed by atoms with van der Waals surface area (Å²) in [4.78, 5) is 12.7. The summed E-state index contributed by atoms with van der Waals surface area (Å²) in [5.41, 5.74) is 1.25. The van der Waals surface area contributed by atoms with Crippen molar-refractivity contribution >= 4 is 27.9 Å². The van der Waals surface area contributed by atoms with Crippen LogP contribution in [0.4, 0.5) is 5.69 Å². The van der Waals surface area contributed by atoms with Crippen molar-refractivity contribution in [3.63, 3.8) is 0 Å². The van der Waals surface area contributed by atoms with Crippen molar-refractivity contribution in [3.8, 4) is 0 Å². The van der Waals surface area contributed by atoms with Crippen molar-refractivity contribution in [1.82, 2.24) is 0 Å². The summed E-state index contributed by atoms with van der Waals surface area (Å²) in [7, 11) is 1.92. The third-order valence-electron chi connectivity index (χ3n) is 2.79. The summed E-state index contributed by atoms with van der Waals surface area (Å²) >= 11 is 3.34. The van der Waals surface area contributed by atoms with E-state index in [-0.39, 0.29) is 12.1 Å². The molecule has 1 rings (SSSR count). The zero-order valence-electron chi connectivity index (χ0n) is 9.70. The van der Waals surface area contributed by atoms with E-state index in [1.807, 2.05) is 37.9 Å². The minimum absolute atomic E-state index is 0.0660. The fourth-order valence-electron chi connectivity index (χ4n) is 1.28. The molecule has 0 saturated carbocycles. The Morgan fingerprint density at radius 3 is 2.56 bits per heavy atom. The van der Waals surface area contributed by atoms with Crippen LogP contribution in [0.25, 0.3) is 0 Å². The summed E-state index contributed by atoms with van der Waals surface area (Å²) in [5.74, 6) is 0. The smallest absolute Gasteiger partial charge is 0.151 e. The van der Waals surface area contributed by atoms with Crippen LogP contribution in [-0.4, -0.2) is 30.6 Å². The quantitative estimate of drug-likeness (QED) is 0.864. The second-order valence-corrected chi connectivity index (χ2v) is 5.21. The topological polar surface area (TPSA) is 40.5 Å². The van der Waals surface area contributed by atoms with Crippen molar-refractivity contribution in [3.05, 3.63) is 28.2 Å². The first kappa shape index (κ1) is 13.2. The number of benzene rings is 1. The summed E-state index contributed by atoms with van der Waals surface area (Å²) in [6, 6.07) is 5.50. The average molecular weight is 286 g/mol. The number of halogens is 1. The van der Waals surface area contributed by atoms with Gasteiger partial charge < -0.3 is 10.0 Å². The van der Waals surface area contributed by atoms with Crippen molar-refractivity contribution in [1.29, 1.82) is 0 Å². The van der Waals surface area contributed by atoms with Gasteiger partial charge in [-0.1, -0.05) is 0 Å². The number of likely N-dealkylation sites (N-methyl/N-ethyl adjacent to an activating group) is 1. The van der Waals surface area contributed by atoms with Gasteiger partial charge in [-0.2, -0.15) is 0 Å². The molecule has 0 aliphatic heterocycles. The highest BCUT2D eigenvalue weighted by molar-refractivity contribution is 9.10. The van der Waals surface area contributed by atoms with Crippen molar-refractivity contribution < 1.29 is 9.90 Å². The fourth-order valence-corrected chi connectivity index (χ4v) is 1.74. The van der Waals surface area contributed by atoms with E-state index in [0.717, 1.165) is 16.4 Å². The maximum atomic E-state index is 10.7. The Kier molecular flexibility index (Phi) is 4.10. The normalized spacial score (nSPS) is 11.3. The van der Waals surface area contributed by atoms with Gasteiger partial charge in [-0.05, 0) is 48.0 Å². The molecule has 1 aromatic rings. The molecule has 0 aliphatic rings. The Morgan fingerprint density at radius 1 is 1.50 bits per heavy atom. The van der Waals surface area contributed by atoms with Gasteiger partial charge in [0.25, 0.3) is 0 Å². The summed E-state index contributed by atoms with van der Waals surface area (Å²) in [6.07, 6.45) is 0.811. The van der Waals surface area contributed by atoms with E-state index < -0.39 is 0 Å². The molecule has 0 saturated heterocycles. The molecule has 16 heavy (non-hydrogen) atoms. The molecule has 88 valence electrons. The van der Waals surface area contributed by atoms with Gasteiger partial charge in [0.15, 0.2) is 6.29 Å². The van der Waals surface area contributed by atoms with Crippen molar-refractivity contribution in [2.24, 2.45) is 0 Å². The zero-order chi connectivity index (χ0) is 12.3. The Morgan fingerprint density at radius 2 is 2.12 bits per heavy atom.